The quantitative estimate of drug-likeness (QED) is 0.869. The summed E-state index contributed by atoms with van der Waals surface area (Å²) in [6.45, 7) is 7.28. The van der Waals surface area contributed by atoms with Gasteiger partial charge in [0.2, 0.25) is 0 Å². The van der Waals surface area contributed by atoms with Crippen molar-refractivity contribution < 1.29 is 0 Å². The zero-order chi connectivity index (χ0) is 13.0. The molecule has 18 heavy (non-hydrogen) atoms. The highest BCUT2D eigenvalue weighted by molar-refractivity contribution is 5.43. The van der Waals surface area contributed by atoms with Crippen LogP contribution in [0.2, 0.25) is 0 Å². The van der Waals surface area contributed by atoms with E-state index in [1.165, 1.54) is 11.1 Å². The maximum Gasteiger partial charge on any atom is 0.0400 e. The van der Waals surface area contributed by atoms with E-state index in [9.17, 15) is 0 Å². The second-order valence-electron chi connectivity index (χ2n) is 4.94. The molecule has 0 aliphatic carbocycles. The third-order valence-electron chi connectivity index (χ3n) is 3.04. The van der Waals surface area contributed by atoms with Crippen molar-refractivity contribution in [1.29, 1.82) is 0 Å². The van der Waals surface area contributed by atoms with Crippen LogP contribution in [0.15, 0.2) is 42.6 Å². The van der Waals surface area contributed by atoms with Gasteiger partial charge in [-0.2, -0.15) is 0 Å². The van der Waals surface area contributed by atoms with Crippen molar-refractivity contribution in [2.75, 3.05) is 5.32 Å². The van der Waals surface area contributed by atoms with Gasteiger partial charge in [-0.15, -0.1) is 0 Å². The van der Waals surface area contributed by atoms with Crippen LogP contribution in [0.3, 0.4) is 0 Å². The summed E-state index contributed by atoms with van der Waals surface area (Å²) in [5, 5.41) is 3.41. The van der Waals surface area contributed by atoms with Gasteiger partial charge in [-0.3, -0.25) is 4.98 Å². The lowest BCUT2D eigenvalue weighted by molar-refractivity contribution is 0.865. The van der Waals surface area contributed by atoms with Crippen LogP contribution in [0.5, 0.6) is 0 Å². The minimum atomic E-state index is 0.592. The molecule has 1 aromatic heterocycles. The van der Waals surface area contributed by atoms with Gasteiger partial charge in [0.25, 0.3) is 0 Å². The van der Waals surface area contributed by atoms with E-state index in [1.54, 1.807) is 0 Å². The lowest BCUT2D eigenvalue weighted by atomic mass is 10.0. The standard InChI is InChI=1S/C16H20N2/c1-12(2)15-6-4-14(5-7-15)11-18-16-8-9-17-13(3)10-16/h4-10,12H,11H2,1-3H3,(H,17,18). The van der Waals surface area contributed by atoms with Crippen LogP contribution in [0, 0.1) is 6.92 Å². The molecule has 1 N–H and O–H groups in total. The Morgan fingerprint density at radius 2 is 1.83 bits per heavy atom. The maximum absolute atomic E-state index is 4.19. The Balaban J connectivity index is 1.98. The Hall–Kier alpha value is -1.83. The van der Waals surface area contributed by atoms with Crippen LogP contribution in [0.4, 0.5) is 5.69 Å². The smallest absolute Gasteiger partial charge is 0.0400 e. The zero-order valence-corrected chi connectivity index (χ0v) is 11.3. The Morgan fingerprint density at radius 3 is 2.44 bits per heavy atom. The number of aromatic nitrogens is 1. The van der Waals surface area contributed by atoms with Crippen LogP contribution in [-0.4, -0.2) is 4.98 Å². The molecular formula is C16H20N2. The van der Waals surface area contributed by atoms with Crippen LogP contribution >= 0.6 is 0 Å². The second kappa shape index (κ2) is 5.67. The summed E-state index contributed by atoms with van der Waals surface area (Å²) in [6.07, 6.45) is 1.83. The molecule has 2 aromatic rings. The summed E-state index contributed by atoms with van der Waals surface area (Å²) in [6, 6.07) is 12.9. The Morgan fingerprint density at radius 1 is 1.11 bits per heavy atom. The van der Waals surface area contributed by atoms with E-state index in [-0.39, 0.29) is 0 Å². The molecule has 0 saturated carbocycles. The molecule has 0 aliphatic rings. The molecule has 0 saturated heterocycles. The highest BCUT2D eigenvalue weighted by atomic mass is 14.9. The molecule has 2 rings (SSSR count). The van der Waals surface area contributed by atoms with Crippen molar-refractivity contribution in [3.8, 4) is 0 Å². The molecule has 0 amide bonds. The average molecular weight is 240 g/mol. The second-order valence-corrected chi connectivity index (χ2v) is 4.94. The number of anilines is 1. The van der Waals surface area contributed by atoms with Crippen molar-refractivity contribution in [3.63, 3.8) is 0 Å². The van der Waals surface area contributed by atoms with Crippen LogP contribution < -0.4 is 5.32 Å². The number of rotatable bonds is 4. The number of nitrogens with zero attached hydrogens (tertiary/aromatic N) is 1. The van der Waals surface area contributed by atoms with E-state index in [0.29, 0.717) is 5.92 Å². The van der Waals surface area contributed by atoms with E-state index < -0.39 is 0 Å². The first-order valence-electron chi connectivity index (χ1n) is 6.40. The van der Waals surface area contributed by atoms with Gasteiger partial charge < -0.3 is 5.32 Å². The minimum absolute atomic E-state index is 0.592. The summed E-state index contributed by atoms with van der Waals surface area (Å²) in [5.41, 5.74) is 4.85. The zero-order valence-electron chi connectivity index (χ0n) is 11.3. The minimum Gasteiger partial charge on any atom is -0.381 e. The molecule has 0 fully saturated rings. The fourth-order valence-corrected chi connectivity index (χ4v) is 1.88. The summed E-state index contributed by atoms with van der Waals surface area (Å²) >= 11 is 0. The first-order chi connectivity index (χ1) is 8.65. The highest BCUT2D eigenvalue weighted by Gasteiger charge is 1.99. The van der Waals surface area contributed by atoms with E-state index in [2.05, 4.69) is 54.5 Å². The van der Waals surface area contributed by atoms with E-state index in [4.69, 9.17) is 0 Å². The number of aryl methyl sites for hydroxylation is 1. The van der Waals surface area contributed by atoms with Gasteiger partial charge in [-0.05, 0) is 36.1 Å². The van der Waals surface area contributed by atoms with Crippen molar-refractivity contribution in [3.05, 3.63) is 59.4 Å². The normalized spacial score (nSPS) is 10.7. The van der Waals surface area contributed by atoms with E-state index >= 15 is 0 Å². The van der Waals surface area contributed by atoms with E-state index in [0.717, 1.165) is 17.9 Å². The number of benzene rings is 1. The molecule has 2 heteroatoms. The molecular weight excluding hydrogens is 220 g/mol. The molecule has 1 heterocycles. The van der Waals surface area contributed by atoms with Crippen molar-refractivity contribution >= 4 is 5.69 Å². The molecule has 0 unspecified atom stereocenters. The highest BCUT2D eigenvalue weighted by Crippen LogP contribution is 2.15. The van der Waals surface area contributed by atoms with Crippen molar-refractivity contribution in [2.45, 2.75) is 33.2 Å². The SMILES string of the molecule is Cc1cc(NCc2ccc(C(C)C)cc2)ccn1. The van der Waals surface area contributed by atoms with Crippen molar-refractivity contribution in [2.24, 2.45) is 0 Å². The van der Waals surface area contributed by atoms with Gasteiger partial charge in [0.1, 0.15) is 0 Å². The number of nitrogens with one attached hydrogen (secondary N) is 1. The predicted molar refractivity (Wildman–Crippen MR) is 76.8 cm³/mol. The molecule has 0 aliphatic heterocycles. The fourth-order valence-electron chi connectivity index (χ4n) is 1.88. The Bertz CT molecular complexity index is 501. The van der Waals surface area contributed by atoms with Gasteiger partial charge in [-0.1, -0.05) is 38.1 Å². The topological polar surface area (TPSA) is 24.9 Å². The van der Waals surface area contributed by atoms with Gasteiger partial charge in [0.15, 0.2) is 0 Å². The van der Waals surface area contributed by atoms with Gasteiger partial charge in [-0.25, -0.2) is 0 Å². The van der Waals surface area contributed by atoms with Crippen LogP contribution in [0.1, 0.15) is 36.6 Å². The molecule has 0 radical (unpaired) electrons. The van der Waals surface area contributed by atoms with Gasteiger partial charge in [0, 0.05) is 24.1 Å². The molecule has 0 spiro atoms. The summed E-state index contributed by atoms with van der Waals surface area (Å²) in [5.74, 6) is 0.592. The first-order valence-corrected chi connectivity index (χ1v) is 6.40. The maximum atomic E-state index is 4.19. The van der Waals surface area contributed by atoms with Gasteiger partial charge >= 0.3 is 0 Å². The summed E-state index contributed by atoms with van der Waals surface area (Å²) in [4.78, 5) is 4.19. The summed E-state index contributed by atoms with van der Waals surface area (Å²) < 4.78 is 0. The number of hydrogen-bond acceptors (Lipinski definition) is 2. The third-order valence-corrected chi connectivity index (χ3v) is 3.04. The predicted octanol–water partition coefficient (Wildman–Crippen LogP) is 4.13. The molecule has 0 bridgehead atoms. The molecule has 2 nitrogen and oxygen atoms in total. The largest absolute Gasteiger partial charge is 0.381 e. The Kier molecular flexibility index (Phi) is 3.98. The monoisotopic (exact) mass is 240 g/mol. The fraction of sp³-hybridized carbons (Fsp3) is 0.312. The molecule has 0 atom stereocenters. The molecule has 94 valence electrons. The van der Waals surface area contributed by atoms with E-state index in [1.807, 2.05) is 19.2 Å². The van der Waals surface area contributed by atoms with Crippen molar-refractivity contribution in [1.82, 2.24) is 4.98 Å². The lowest BCUT2D eigenvalue weighted by Gasteiger charge is -2.09. The summed E-state index contributed by atoms with van der Waals surface area (Å²) in [7, 11) is 0. The van der Waals surface area contributed by atoms with Crippen LogP contribution in [-0.2, 0) is 6.54 Å². The Labute approximate surface area is 109 Å². The number of hydrogen-bond donors (Lipinski definition) is 1. The van der Waals surface area contributed by atoms with Crippen LogP contribution in [0.25, 0.3) is 0 Å². The average Bonchev–Trinajstić information content (AvgIpc) is 2.37. The van der Waals surface area contributed by atoms with Gasteiger partial charge in [0.05, 0.1) is 0 Å². The first kappa shape index (κ1) is 12.6. The third kappa shape index (κ3) is 3.33. The lowest BCUT2D eigenvalue weighted by Crippen LogP contribution is -2.00. The number of pyridine rings is 1. The molecule has 1 aromatic carbocycles.